The van der Waals surface area contributed by atoms with Gasteiger partial charge in [0.25, 0.3) is 0 Å². The van der Waals surface area contributed by atoms with Crippen LogP contribution in [0.25, 0.3) is 11.0 Å². The third kappa shape index (κ3) is 2.97. The van der Waals surface area contributed by atoms with Crippen LogP contribution in [0, 0.1) is 5.82 Å². The van der Waals surface area contributed by atoms with E-state index in [1.54, 1.807) is 17.2 Å². The third-order valence-electron chi connectivity index (χ3n) is 4.91. The van der Waals surface area contributed by atoms with E-state index in [0.717, 1.165) is 28.7 Å². The van der Waals surface area contributed by atoms with Crippen molar-refractivity contribution in [3.8, 4) is 0 Å². The van der Waals surface area contributed by atoms with Gasteiger partial charge in [-0.25, -0.2) is 14.5 Å². The van der Waals surface area contributed by atoms with Crippen LogP contribution in [0.3, 0.4) is 0 Å². The molecule has 1 aliphatic heterocycles. The van der Waals surface area contributed by atoms with Crippen molar-refractivity contribution in [3.05, 3.63) is 65.2 Å². The van der Waals surface area contributed by atoms with Gasteiger partial charge in [0.05, 0.1) is 19.6 Å². The van der Waals surface area contributed by atoms with Crippen molar-refractivity contribution in [1.29, 1.82) is 0 Å². The van der Waals surface area contributed by atoms with Gasteiger partial charge in [-0.1, -0.05) is 12.1 Å². The summed E-state index contributed by atoms with van der Waals surface area (Å²) in [6, 6.07) is 10.5. The maximum absolute atomic E-state index is 13.6. The summed E-state index contributed by atoms with van der Waals surface area (Å²) in [5, 5.41) is 11.9. The average molecular weight is 352 g/mol. The molecule has 0 saturated carbocycles. The van der Waals surface area contributed by atoms with E-state index in [9.17, 15) is 14.3 Å². The average Bonchev–Trinajstić information content (AvgIpc) is 2.95. The second-order valence-corrected chi connectivity index (χ2v) is 6.54. The van der Waals surface area contributed by atoms with E-state index < -0.39 is 6.61 Å². The standard InChI is InChI=1S/C20H19FN3O2/c21-15-4-1-3-14(11-15)12-24-18-13-23(19(26)7-10-25)9-6-16(18)17-5-2-8-22-20(17)24/h1-5,8,11H,6-7,9-10,12-13H2. The Bertz CT molecular complexity index is 967. The smallest absolute Gasteiger partial charge is 0.225 e. The summed E-state index contributed by atoms with van der Waals surface area (Å²) in [5.41, 5.74) is 3.90. The fourth-order valence-corrected chi connectivity index (χ4v) is 3.71. The molecule has 0 fully saturated rings. The zero-order chi connectivity index (χ0) is 18.1. The van der Waals surface area contributed by atoms with E-state index in [4.69, 9.17) is 0 Å². The molecule has 5 nitrogen and oxygen atoms in total. The van der Waals surface area contributed by atoms with Crippen molar-refractivity contribution in [2.45, 2.75) is 25.9 Å². The summed E-state index contributed by atoms with van der Waals surface area (Å²) in [5.74, 6) is -0.380. The summed E-state index contributed by atoms with van der Waals surface area (Å²) in [4.78, 5) is 18.5. The highest BCUT2D eigenvalue weighted by atomic mass is 19.1. The molecule has 133 valence electrons. The van der Waals surface area contributed by atoms with Crippen LogP contribution in [0.4, 0.5) is 4.39 Å². The number of pyridine rings is 1. The number of rotatable bonds is 4. The third-order valence-corrected chi connectivity index (χ3v) is 4.91. The van der Waals surface area contributed by atoms with Crippen LogP contribution in [0.2, 0.25) is 0 Å². The number of hydrogen-bond donors (Lipinski definition) is 0. The van der Waals surface area contributed by atoms with Gasteiger partial charge in [0.15, 0.2) is 0 Å². The second kappa shape index (κ2) is 6.88. The van der Waals surface area contributed by atoms with Gasteiger partial charge < -0.3 is 9.47 Å². The molecule has 0 spiro atoms. The molecule has 0 unspecified atom stereocenters. The van der Waals surface area contributed by atoms with Crippen LogP contribution in [-0.4, -0.2) is 33.5 Å². The number of nitrogens with zero attached hydrogens (tertiary/aromatic N) is 3. The molecule has 3 heterocycles. The van der Waals surface area contributed by atoms with Crippen molar-refractivity contribution in [2.75, 3.05) is 13.2 Å². The quantitative estimate of drug-likeness (QED) is 0.725. The van der Waals surface area contributed by atoms with Crippen molar-refractivity contribution in [3.63, 3.8) is 0 Å². The van der Waals surface area contributed by atoms with Crippen LogP contribution in [0.15, 0.2) is 42.6 Å². The molecule has 6 heteroatoms. The minimum Gasteiger partial charge on any atom is -0.336 e. The molecule has 1 aliphatic rings. The Kier molecular flexibility index (Phi) is 4.42. The van der Waals surface area contributed by atoms with Crippen LogP contribution in [0.1, 0.15) is 23.2 Å². The molecule has 0 saturated heterocycles. The predicted octanol–water partition coefficient (Wildman–Crippen LogP) is 2.93. The maximum Gasteiger partial charge on any atom is 0.225 e. The molecule has 4 rings (SSSR count). The molecular formula is C20H19FN3O2. The fourth-order valence-electron chi connectivity index (χ4n) is 3.71. The Morgan fingerprint density at radius 3 is 2.92 bits per heavy atom. The van der Waals surface area contributed by atoms with Crippen LogP contribution in [0.5, 0.6) is 0 Å². The molecule has 0 bridgehead atoms. The highest BCUT2D eigenvalue weighted by molar-refractivity contribution is 5.84. The van der Waals surface area contributed by atoms with Crippen molar-refractivity contribution in [1.82, 2.24) is 14.5 Å². The molecule has 3 aromatic rings. The fraction of sp³-hybridized carbons (Fsp3) is 0.300. The highest BCUT2D eigenvalue weighted by Gasteiger charge is 2.26. The lowest BCUT2D eigenvalue weighted by atomic mass is 10.0. The first-order valence-corrected chi connectivity index (χ1v) is 8.72. The first-order chi connectivity index (χ1) is 12.7. The lowest BCUT2D eigenvalue weighted by Gasteiger charge is -2.28. The minimum absolute atomic E-state index is 0.0255. The number of benzene rings is 1. The van der Waals surface area contributed by atoms with Crippen molar-refractivity contribution >= 4 is 16.9 Å². The lowest BCUT2D eigenvalue weighted by molar-refractivity contribution is -0.133. The molecule has 0 N–H and O–H groups in total. The van der Waals surface area contributed by atoms with E-state index >= 15 is 0 Å². The Labute approximate surface area is 150 Å². The van der Waals surface area contributed by atoms with E-state index in [2.05, 4.69) is 9.55 Å². The SMILES string of the molecule is [O]CCC(=O)N1CCc2c(n(Cc3cccc(F)c3)c3ncccc23)C1. The van der Waals surface area contributed by atoms with Gasteiger partial charge in [0, 0.05) is 30.4 Å². The maximum atomic E-state index is 13.6. The molecule has 26 heavy (non-hydrogen) atoms. The second-order valence-electron chi connectivity index (χ2n) is 6.54. The summed E-state index contributed by atoms with van der Waals surface area (Å²) in [6.07, 6.45) is 2.51. The van der Waals surface area contributed by atoms with E-state index in [0.29, 0.717) is 19.6 Å². The Hall–Kier alpha value is -2.73. The largest absolute Gasteiger partial charge is 0.336 e. The summed E-state index contributed by atoms with van der Waals surface area (Å²) < 4.78 is 15.7. The van der Waals surface area contributed by atoms with Crippen LogP contribution >= 0.6 is 0 Å². The number of amides is 1. The number of carbonyl (C=O) groups is 1. The van der Waals surface area contributed by atoms with Gasteiger partial charge in [0.1, 0.15) is 11.5 Å². The normalized spacial score (nSPS) is 13.8. The minimum atomic E-state index is -0.393. The van der Waals surface area contributed by atoms with E-state index in [-0.39, 0.29) is 18.1 Å². The van der Waals surface area contributed by atoms with Gasteiger partial charge in [-0.15, -0.1) is 0 Å². The van der Waals surface area contributed by atoms with Gasteiger partial charge in [-0.05, 0) is 41.8 Å². The molecule has 1 aromatic carbocycles. The highest BCUT2D eigenvalue weighted by Crippen LogP contribution is 2.30. The Balaban J connectivity index is 1.77. The molecular weight excluding hydrogens is 333 g/mol. The molecule has 1 amide bonds. The number of carbonyl (C=O) groups excluding carboxylic acids is 1. The number of aromatic nitrogens is 2. The lowest BCUT2D eigenvalue weighted by Crippen LogP contribution is -2.37. The summed E-state index contributed by atoms with van der Waals surface area (Å²) in [6.45, 7) is 1.17. The Morgan fingerprint density at radius 1 is 1.23 bits per heavy atom. The van der Waals surface area contributed by atoms with Gasteiger partial charge in [-0.3, -0.25) is 4.79 Å². The Morgan fingerprint density at radius 2 is 2.12 bits per heavy atom. The summed E-state index contributed by atoms with van der Waals surface area (Å²) >= 11 is 0. The molecule has 0 aliphatic carbocycles. The topological polar surface area (TPSA) is 58.0 Å². The zero-order valence-corrected chi connectivity index (χ0v) is 14.3. The van der Waals surface area contributed by atoms with Crippen molar-refractivity contribution < 1.29 is 14.3 Å². The summed E-state index contributed by atoms with van der Waals surface area (Å²) in [7, 11) is 0. The van der Waals surface area contributed by atoms with E-state index in [1.165, 1.54) is 17.7 Å². The molecule has 2 aromatic heterocycles. The molecule has 0 atom stereocenters. The van der Waals surface area contributed by atoms with Crippen LogP contribution in [-0.2, 0) is 29.4 Å². The number of hydrogen-bond acceptors (Lipinski definition) is 2. The number of fused-ring (bicyclic) bond motifs is 3. The van der Waals surface area contributed by atoms with Gasteiger partial charge in [0.2, 0.25) is 5.91 Å². The number of halogens is 1. The first-order valence-electron chi connectivity index (χ1n) is 8.72. The zero-order valence-electron chi connectivity index (χ0n) is 14.3. The predicted molar refractivity (Wildman–Crippen MR) is 94.5 cm³/mol. The van der Waals surface area contributed by atoms with Crippen molar-refractivity contribution in [2.24, 2.45) is 0 Å². The van der Waals surface area contributed by atoms with Crippen LogP contribution < -0.4 is 0 Å². The monoisotopic (exact) mass is 352 g/mol. The van der Waals surface area contributed by atoms with Gasteiger partial charge in [-0.2, -0.15) is 0 Å². The molecule has 1 radical (unpaired) electrons. The first kappa shape index (κ1) is 16.7. The van der Waals surface area contributed by atoms with E-state index in [1.807, 2.05) is 18.2 Å². The van der Waals surface area contributed by atoms with Gasteiger partial charge >= 0.3 is 0 Å².